The van der Waals surface area contributed by atoms with E-state index in [9.17, 15) is 4.79 Å². The summed E-state index contributed by atoms with van der Waals surface area (Å²) in [6.07, 6.45) is 0. The lowest BCUT2D eigenvalue weighted by Crippen LogP contribution is -2.26. The fraction of sp³-hybridized carbons (Fsp3) is 0.125. The molecule has 0 aliphatic rings. The van der Waals surface area contributed by atoms with Crippen LogP contribution in [0, 0.1) is 0 Å². The van der Waals surface area contributed by atoms with Gasteiger partial charge >= 0.3 is 0 Å². The number of amides is 1. The van der Waals surface area contributed by atoms with Gasteiger partial charge in [0.15, 0.2) is 0 Å². The number of nitrogens with zero attached hydrogens (tertiary/aromatic N) is 1. The number of hydrogen-bond donors (Lipinski definition) is 2. The predicted octanol–water partition coefficient (Wildman–Crippen LogP) is 4.93. The van der Waals surface area contributed by atoms with Crippen LogP contribution in [0.3, 0.4) is 0 Å². The molecule has 23 heavy (non-hydrogen) atoms. The molecule has 2 N–H and O–H groups in total. The van der Waals surface area contributed by atoms with Crippen molar-refractivity contribution < 1.29 is 4.79 Å². The zero-order valence-corrected chi connectivity index (χ0v) is 17.0. The SMILES string of the molecule is C/C(=N\NC(=O)CNc1cc(Br)c(Br)cc1Br)c1ccccc1. The number of rotatable bonds is 5. The molecule has 2 aromatic rings. The first kappa shape index (κ1) is 18.2. The highest BCUT2D eigenvalue weighted by Crippen LogP contribution is 2.32. The van der Waals surface area contributed by atoms with E-state index in [0.29, 0.717) is 0 Å². The van der Waals surface area contributed by atoms with E-state index >= 15 is 0 Å². The fourth-order valence-corrected chi connectivity index (χ4v) is 3.24. The highest BCUT2D eigenvalue weighted by molar-refractivity contribution is 9.13. The monoisotopic (exact) mass is 501 g/mol. The molecule has 0 fully saturated rings. The van der Waals surface area contributed by atoms with Crippen LogP contribution in [0.15, 0.2) is 61.0 Å². The standard InChI is InChI=1S/C16H14Br3N3O/c1-10(11-5-3-2-4-6-11)21-22-16(23)9-20-15-8-13(18)12(17)7-14(15)19/h2-8,20H,9H2,1H3,(H,22,23)/b21-10+. The average Bonchev–Trinajstić information content (AvgIpc) is 2.55. The molecule has 120 valence electrons. The van der Waals surface area contributed by atoms with Crippen molar-refractivity contribution in [2.45, 2.75) is 6.92 Å². The lowest BCUT2D eigenvalue weighted by Gasteiger charge is -2.09. The van der Waals surface area contributed by atoms with Crippen molar-refractivity contribution in [3.05, 3.63) is 61.4 Å². The Morgan fingerprint density at radius 2 is 1.70 bits per heavy atom. The van der Waals surface area contributed by atoms with Gasteiger partial charge in [0.25, 0.3) is 5.91 Å². The van der Waals surface area contributed by atoms with Crippen molar-refractivity contribution in [3.8, 4) is 0 Å². The summed E-state index contributed by atoms with van der Waals surface area (Å²) >= 11 is 10.3. The molecular formula is C16H14Br3N3O. The molecule has 0 aromatic heterocycles. The summed E-state index contributed by atoms with van der Waals surface area (Å²) < 4.78 is 2.70. The summed E-state index contributed by atoms with van der Waals surface area (Å²) in [7, 11) is 0. The van der Waals surface area contributed by atoms with Crippen molar-refractivity contribution in [3.63, 3.8) is 0 Å². The predicted molar refractivity (Wildman–Crippen MR) is 105 cm³/mol. The minimum Gasteiger partial charge on any atom is -0.375 e. The van der Waals surface area contributed by atoms with E-state index in [-0.39, 0.29) is 12.5 Å². The number of benzene rings is 2. The third-order valence-corrected chi connectivity index (χ3v) is 5.49. The second-order valence-corrected chi connectivity index (χ2v) is 7.26. The topological polar surface area (TPSA) is 53.5 Å². The van der Waals surface area contributed by atoms with Crippen LogP contribution >= 0.6 is 47.8 Å². The highest BCUT2D eigenvalue weighted by atomic mass is 79.9. The van der Waals surface area contributed by atoms with Crippen LogP contribution in [0.5, 0.6) is 0 Å². The summed E-state index contributed by atoms with van der Waals surface area (Å²) in [6.45, 7) is 1.98. The molecule has 0 radical (unpaired) electrons. The minimum absolute atomic E-state index is 0.123. The van der Waals surface area contributed by atoms with Crippen LogP contribution in [0.4, 0.5) is 5.69 Å². The van der Waals surface area contributed by atoms with Crippen molar-refractivity contribution in [1.29, 1.82) is 0 Å². The van der Waals surface area contributed by atoms with Crippen LogP contribution in [-0.4, -0.2) is 18.2 Å². The van der Waals surface area contributed by atoms with E-state index < -0.39 is 0 Å². The molecule has 4 nitrogen and oxygen atoms in total. The molecule has 1 amide bonds. The lowest BCUT2D eigenvalue weighted by molar-refractivity contribution is -0.119. The van der Waals surface area contributed by atoms with E-state index in [1.807, 2.05) is 49.4 Å². The number of nitrogens with one attached hydrogen (secondary N) is 2. The van der Waals surface area contributed by atoms with Crippen molar-refractivity contribution >= 4 is 65.1 Å². The van der Waals surface area contributed by atoms with Gasteiger partial charge in [-0.15, -0.1) is 0 Å². The van der Waals surface area contributed by atoms with E-state index in [1.54, 1.807) is 0 Å². The summed E-state index contributed by atoms with van der Waals surface area (Å²) in [4.78, 5) is 11.9. The Hall–Kier alpha value is -1.18. The van der Waals surface area contributed by atoms with E-state index in [2.05, 4.69) is 63.6 Å². The Bertz CT molecular complexity index is 733. The van der Waals surface area contributed by atoms with Crippen LogP contribution in [-0.2, 0) is 4.79 Å². The van der Waals surface area contributed by atoms with Crippen LogP contribution in [0.25, 0.3) is 0 Å². The molecule has 0 aliphatic heterocycles. The van der Waals surface area contributed by atoms with Gasteiger partial charge in [-0.3, -0.25) is 4.79 Å². The Labute approximate surface area is 160 Å². The number of hydrazone groups is 1. The maximum atomic E-state index is 11.9. The van der Waals surface area contributed by atoms with Gasteiger partial charge in [-0.1, -0.05) is 30.3 Å². The average molecular weight is 504 g/mol. The van der Waals surface area contributed by atoms with Gasteiger partial charge in [0, 0.05) is 13.4 Å². The third-order valence-electron chi connectivity index (χ3n) is 2.99. The molecular weight excluding hydrogens is 490 g/mol. The molecule has 2 aromatic carbocycles. The third kappa shape index (κ3) is 5.44. The van der Waals surface area contributed by atoms with Gasteiger partial charge in [-0.05, 0) is 72.4 Å². The normalized spacial score (nSPS) is 11.2. The number of carbonyl (C=O) groups excluding carboxylic acids is 1. The first-order valence-corrected chi connectivity index (χ1v) is 9.12. The Kier molecular flexibility index (Phi) is 6.80. The number of hydrogen-bond acceptors (Lipinski definition) is 3. The smallest absolute Gasteiger partial charge is 0.259 e. The van der Waals surface area contributed by atoms with Crippen molar-refractivity contribution in [2.24, 2.45) is 5.10 Å². The summed E-state index contributed by atoms with van der Waals surface area (Å²) in [5.41, 5.74) is 5.09. The second kappa shape index (κ2) is 8.61. The molecule has 0 heterocycles. The quantitative estimate of drug-likeness (QED) is 0.345. The van der Waals surface area contributed by atoms with Crippen molar-refractivity contribution in [1.82, 2.24) is 5.43 Å². The lowest BCUT2D eigenvalue weighted by atomic mass is 10.1. The Balaban J connectivity index is 1.92. The first-order valence-electron chi connectivity index (χ1n) is 6.74. The molecule has 0 unspecified atom stereocenters. The minimum atomic E-state index is -0.216. The number of carbonyl (C=O) groups is 1. The molecule has 0 aliphatic carbocycles. The largest absolute Gasteiger partial charge is 0.375 e. The molecule has 0 saturated carbocycles. The summed E-state index contributed by atoms with van der Waals surface area (Å²) in [5.74, 6) is -0.216. The van der Waals surface area contributed by atoms with Gasteiger partial charge < -0.3 is 5.32 Å². The zero-order valence-electron chi connectivity index (χ0n) is 12.2. The molecule has 2 rings (SSSR count). The molecule has 7 heteroatoms. The van der Waals surface area contributed by atoms with Gasteiger partial charge in [0.1, 0.15) is 0 Å². The van der Waals surface area contributed by atoms with Gasteiger partial charge in [-0.25, -0.2) is 5.43 Å². The van der Waals surface area contributed by atoms with Crippen molar-refractivity contribution in [2.75, 3.05) is 11.9 Å². The highest BCUT2D eigenvalue weighted by Gasteiger charge is 2.07. The fourth-order valence-electron chi connectivity index (χ4n) is 1.76. The Morgan fingerprint density at radius 1 is 1.04 bits per heavy atom. The second-order valence-electron chi connectivity index (χ2n) is 4.70. The number of anilines is 1. The van der Waals surface area contributed by atoms with Crippen LogP contribution < -0.4 is 10.7 Å². The maximum Gasteiger partial charge on any atom is 0.259 e. The molecule has 0 bridgehead atoms. The van der Waals surface area contributed by atoms with Gasteiger partial charge in [-0.2, -0.15) is 5.10 Å². The van der Waals surface area contributed by atoms with E-state index in [0.717, 1.165) is 30.4 Å². The molecule has 0 saturated heterocycles. The maximum absolute atomic E-state index is 11.9. The molecule has 0 atom stereocenters. The number of halogens is 3. The molecule has 0 spiro atoms. The first-order chi connectivity index (χ1) is 11.0. The summed E-state index contributed by atoms with van der Waals surface area (Å²) in [6, 6.07) is 13.5. The van der Waals surface area contributed by atoms with E-state index in [1.165, 1.54) is 0 Å². The van der Waals surface area contributed by atoms with Crippen LogP contribution in [0.1, 0.15) is 12.5 Å². The van der Waals surface area contributed by atoms with E-state index in [4.69, 9.17) is 0 Å². The van der Waals surface area contributed by atoms with Gasteiger partial charge in [0.05, 0.1) is 17.9 Å². The van der Waals surface area contributed by atoms with Crippen LogP contribution in [0.2, 0.25) is 0 Å². The van der Waals surface area contributed by atoms with Gasteiger partial charge in [0.2, 0.25) is 0 Å². The summed E-state index contributed by atoms with van der Waals surface area (Å²) in [5, 5.41) is 7.17. The Morgan fingerprint density at radius 3 is 2.39 bits per heavy atom. The zero-order chi connectivity index (χ0) is 16.8.